The minimum atomic E-state index is -0.253. The van der Waals surface area contributed by atoms with E-state index in [0.29, 0.717) is 25.6 Å². The lowest BCUT2D eigenvalue weighted by Gasteiger charge is -2.05. The van der Waals surface area contributed by atoms with Crippen LogP contribution in [0.15, 0.2) is 47.3 Å². The van der Waals surface area contributed by atoms with E-state index in [9.17, 15) is 9.90 Å². The molecule has 0 bridgehead atoms. The van der Waals surface area contributed by atoms with E-state index in [-0.39, 0.29) is 16.8 Å². The van der Waals surface area contributed by atoms with E-state index in [1.165, 1.54) is 18.6 Å². The van der Waals surface area contributed by atoms with Crippen LogP contribution >= 0.6 is 31.9 Å². The van der Waals surface area contributed by atoms with Gasteiger partial charge in [-0.1, -0.05) is 5.16 Å². The fraction of sp³-hybridized carbons (Fsp3) is 0. The molecule has 0 saturated heterocycles. The van der Waals surface area contributed by atoms with Crippen LogP contribution in [-0.4, -0.2) is 10.3 Å². The Bertz CT molecular complexity index is 824. The minimum Gasteiger partial charge on any atom is -0.505 e. The zero-order valence-electron chi connectivity index (χ0n) is 9.18. The van der Waals surface area contributed by atoms with Crippen molar-refractivity contribution in [2.45, 2.75) is 0 Å². The van der Waals surface area contributed by atoms with Crippen LogP contribution < -0.4 is 5.43 Å². The lowest BCUT2D eigenvalue weighted by Crippen LogP contribution is -2.05. The van der Waals surface area contributed by atoms with Crippen molar-refractivity contribution in [3.05, 3.63) is 43.8 Å². The van der Waals surface area contributed by atoms with Gasteiger partial charge in [0, 0.05) is 6.07 Å². The molecule has 96 valence electrons. The number of aromatic nitrogens is 1. The van der Waals surface area contributed by atoms with E-state index >= 15 is 0 Å². The van der Waals surface area contributed by atoms with Gasteiger partial charge < -0.3 is 14.0 Å². The van der Waals surface area contributed by atoms with Crippen LogP contribution in [0.1, 0.15) is 0 Å². The van der Waals surface area contributed by atoms with Crippen LogP contribution in [-0.2, 0) is 0 Å². The molecule has 0 aliphatic heterocycles. The van der Waals surface area contributed by atoms with Crippen molar-refractivity contribution in [1.82, 2.24) is 5.16 Å². The van der Waals surface area contributed by atoms with Crippen molar-refractivity contribution >= 4 is 42.8 Å². The Morgan fingerprint density at radius 1 is 1.32 bits per heavy atom. The number of phenols is 1. The smallest absolute Gasteiger partial charge is 0.202 e. The van der Waals surface area contributed by atoms with Gasteiger partial charge in [-0.15, -0.1) is 0 Å². The summed E-state index contributed by atoms with van der Waals surface area (Å²) in [5.74, 6) is -0.0233. The Labute approximate surface area is 123 Å². The van der Waals surface area contributed by atoms with Crippen molar-refractivity contribution < 1.29 is 14.0 Å². The summed E-state index contributed by atoms with van der Waals surface area (Å²) in [6.45, 7) is 0. The average Bonchev–Trinajstić information content (AvgIpc) is 2.91. The van der Waals surface area contributed by atoms with Gasteiger partial charge in [-0.05, 0) is 37.9 Å². The number of benzene rings is 1. The molecule has 0 aliphatic rings. The van der Waals surface area contributed by atoms with Crippen molar-refractivity contribution in [2.75, 3.05) is 0 Å². The first kappa shape index (κ1) is 12.4. The highest BCUT2D eigenvalue weighted by Gasteiger charge is 2.17. The monoisotopic (exact) mass is 385 g/mol. The highest BCUT2D eigenvalue weighted by Crippen LogP contribution is 2.38. The Morgan fingerprint density at radius 3 is 2.79 bits per heavy atom. The molecule has 19 heavy (non-hydrogen) atoms. The lowest BCUT2D eigenvalue weighted by molar-refractivity contribution is 0.422. The second kappa shape index (κ2) is 4.50. The van der Waals surface area contributed by atoms with E-state index in [0.717, 1.165) is 0 Å². The van der Waals surface area contributed by atoms with E-state index in [1.807, 2.05) is 0 Å². The van der Waals surface area contributed by atoms with Crippen LogP contribution in [0.4, 0.5) is 0 Å². The van der Waals surface area contributed by atoms with Gasteiger partial charge in [-0.3, -0.25) is 4.79 Å². The molecule has 0 radical (unpaired) electrons. The van der Waals surface area contributed by atoms with Crippen LogP contribution in [0.25, 0.3) is 22.2 Å². The molecule has 1 aromatic carbocycles. The predicted octanol–water partition coefficient (Wildman–Crippen LogP) is 3.68. The van der Waals surface area contributed by atoms with Gasteiger partial charge in [0.2, 0.25) is 5.43 Å². The van der Waals surface area contributed by atoms with Crippen LogP contribution in [0, 0.1) is 0 Å². The maximum Gasteiger partial charge on any atom is 0.202 e. The Kier molecular flexibility index (Phi) is 2.94. The summed E-state index contributed by atoms with van der Waals surface area (Å²) in [7, 11) is 0. The molecule has 0 atom stereocenters. The predicted molar refractivity (Wildman–Crippen MR) is 75.0 cm³/mol. The number of rotatable bonds is 1. The third kappa shape index (κ3) is 1.89. The highest BCUT2D eigenvalue weighted by atomic mass is 79.9. The van der Waals surface area contributed by atoms with Gasteiger partial charge in [0.15, 0.2) is 5.58 Å². The molecule has 0 saturated carbocycles. The molecule has 3 rings (SSSR count). The number of nitrogens with zero attached hydrogens (tertiary/aromatic N) is 1. The third-order valence-electron chi connectivity index (χ3n) is 2.65. The van der Waals surface area contributed by atoms with E-state index in [4.69, 9.17) is 8.94 Å². The molecule has 7 heteroatoms. The topological polar surface area (TPSA) is 76.5 Å². The molecule has 2 aromatic heterocycles. The first-order valence-corrected chi connectivity index (χ1v) is 6.71. The van der Waals surface area contributed by atoms with E-state index < -0.39 is 0 Å². The number of hydrogen-bond donors (Lipinski definition) is 1. The van der Waals surface area contributed by atoms with Gasteiger partial charge in [-0.2, -0.15) is 0 Å². The molecule has 0 aliphatic carbocycles. The van der Waals surface area contributed by atoms with Gasteiger partial charge >= 0.3 is 0 Å². The van der Waals surface area contributed by atoms with Crippen molar-refractivity contribution in [3.63, 3.8) is 0 Å². The largest absolute Gasteiger partial charge is 0.505 e. The lowest BCUT2D eigenvalue weighted by atomic mass is 10.1. The minimum absolute atomic E-state index is 0.0233. The average molecular weight is 387 g/mol. The molecule has 1 N–H and O–H groups in total. The third-order valence-corrected chi connectivity index (χ3v) is 3.99. The first-order chi connectivity index (χ1) is 9.09. The zero-order chi connectivity index (χ0) is 13.6. The van der Waals surface area contributed by atoms with Gasteiger partial charge in [0.05, 0.1) is 15.4 Å². The molecular weight excluding hydrogens is 382 g/mol. The summed E-state index contributed by atoms with van der Waals surface area (Å²) in [6.07, 6.45) is 2.67. The number of fused-ring (bicyclic) bond motifs is 1. The molecule has 0 spiro atoms. The molecule has 0 unspecified atom stereocenters. The molecule has 5 nitrogen and oxygen atoms in total. The second-order valence-electron chi connectivity index (χ2n) is 3.76. The van der Waals surface area contributed by atoms with E-state index in [2.05, 4.69) is 37.0 Å². The Balaban J connectivity index is 2.41. The van der Waals surface area contributed by atoms with Crippen LogP contribution in [0.2, 0.25) is 0 Å². The summed E-state index contributed by atoms with van der Waals surface area (Å²) in [6, 6.07) is 3.08. The van der Waals surface area contributed by atoms with Gasteiger partial charge in [-0.25, -0.2) is 0 Å². The Morgan fingerprint density at radius 2 is 2.11 bits per heavy atom. The van der Waals surface area contributed by atoms with Crippen molar-refractivity contribution in [3.8, 4) is 17.0 Å². The summed E-state index contributed by atoms with van der Waals surface area (Å²) in [5, 5.41) is 13.8. The quantitative estimate of drug-likeness (QED) is 0.690. The maximum atomic E-state index is 12.4. The van der Waals surface area contributed by atoms with Crippen molar-refractivity contribution in [1.29, 1.82) is 0 Å². The molecular formula is C12H5Br2NO4. The van der Waals surface area contributed by atoms with Gasteiger partial charge in [0.1, 0.15) is 28.4 Å². The number of aromatic hydroxyl groups is 1. The van der Waals surface area contributed by atoms with E-state index in [1.54, 1.807) is 6.07 Å². The Hall–Kier alpha value is -1.60. The van der Waals surface area contributed by atoms with Crippen LogP contribution in [0.3, 0.4) is 0 Å². The first-order valence-electron chi connectivity index (χ1n) is 5.13. The second-order valence-corrected chi connectivity index (χ2v) is 5.41. The van der Waals surface area contributed by atoms with Gasteiger partial charge in [0.25, 0.3) is 0 Å². The molecule has 0 amide bonds. The standard InChI is InChI=1S/C12H5Br2NO4/c13-7-3-5-10(16)6(8-1-2-19-15-8)4-18-12(5)9(14)11(7)17/h1-4,17H. The molecule has 2 heterocycles. The SMILES string of the molecule is O=c1c(-c2ccon2)coc2c(Br)c(O)c(Br)cc12. The fourth-order valence-electron chi connectivity index (χ4n) is 1.72. The van der Waals surface area contributed by atoms with Crippen molar-refractivity contribution in [2.24, 2.45) is 0 Å². The highest BCUT2D eigenvalue weighted by molar-refractivity contribution is 9.11. The number of halogens is 2. The molecule has 3 aromatic rings. The van der Waals surface area contributed by atoms with Crippen LogP contribution in [0.5, 0.6) is 5.75 Å². The summed E-state index contributed by atoms with van der Waals surface area (Å²) in [4.78, 5) is 12.4. The zero-order valence-corrected chi connectivity index (χ0v) is 12.4. The summed E-state index contributed by atoms with van der Waals surface area (Å²) in [5.41, 5.74) is 0.719. The fourth-order valence-corrected chi connectivity index (χ4v) is 2.93. The number of phenolic OH excluding ortho intramolecular Hbond substituents is 1. The summed E-state index contributed by atoms with van der Waals surface area (Å²) >= 11 is 6.37. The maximum absolute atomic E-state index is 12.4. The summed E-state index contributed by atoms with van der Waals surface area (Å²) < 4.78 is 10.8. The molecule has 0 fully saturated rings. The number of hydrogen-bond acceptors (Lipinski definition) is 5. The normalized spacial score (nSPS) is 11.1.